The molecule has 1 saturated carbocycles. The molecule has 0 aliphatic heterocycles. The maximum atomic E-state index is 14.9. The summed E-state index contributed by atoms with van der Waals surface area (Å²) >= 11 is 0. The van der Waals surface area contributed by atoms with Gasteiger partial charge in [0.1, 0.15) is 11.5 Å². The number of halogens is 4. The summed E-state index contributed by atoms with van der Waals surface area (Å²) in [5.74, 6) is -1.06. The molecule has 0 radical (unpaired) electrons. The average Bonchev–Trinajstić information content (AvgIpc) is 3.64. The van der Waals surface area contributed by atoms with Crippen molar-refractivity contribution in [3.05, 3.63) is 113 Å². The third-order valence-corrected chi connectivity index (χ3v) is 6.64. The van der Waals surface area contributed by atoms with Gasteiger partial charge < -0.3 is 16.4 Å². The lowest BCUT2D eigenvalue weighted by Crippen LogP contribution is -2.25. The van der Waals surface area contributed by atoms with E-state index in [9.17, 15) is 22.4 Å². The number of nitrogens with two attached hydrogens (primary N) is 1. The third kappa shape index (κ3) is 6.18. The first kappa shape index (κ1) is 26.6. The molecule has 0 spiro atoms. The molecule has 39 heavy (non-hydrogen) atoms. The van der Waals surface area contributed by atoms with Crippen molar-refractivity contribution in [1.82, 2.24) is 15.1 Å². The number of nitrogens with one attached hydrogen (secondary N) is 2. The van der Waals surface area contributed by atoms with Crippen molar-refractivity contribution in [2.75, 3.05) is 11.9 Å². The Kier molecular flexibility index (Phi) is 7.49. The Hall–Kier alpha value is -4.02. The Morgan fingerprint density at radius 1 is 1.00 bits per heavy atom. The smallest absolute Gasteiger partial charge is 0.326 e. The normalized spacial score (nSPS) is 14.3. The van der Waals surface area contributed by atoms with E-state index in [4.69, 9.17) is 5.73 Å². The number of hydrogen-bond donors (Lipinski definition) is 3. The summed E-state index contributed by atoms with van der Waals surface area (Å²) in [4.78, 5) is 13.3. The molecule has 0 bridgehead atoms. The summed E-state index contributed by atoms with van der Waals surface area (Å²) in [7, 11) is 0. The predicted octanol–water partition coefficient (Wildman–Crippen LogP) is 5.83. The Morgan fingerprint density at radius 3 is 2.46 bits per heavy atom. The SMILES string of the molecule is NCc1cccc(-n2nc(C(F)(F)F)cc2C(=O)Nc2cc(C(NCC3CC3)c3ccccc3)ccc2F)c1. The molecule has 1 amide bonds. The Morgan fingerprint density at radius 2 is 1.77 bits per heavy atom. The van der Waals surface area contributed by atoms with E-state index in [2.05, 4.69) is 15.7 Å². The monoisotopic (exact) mass is 537 g/mol. The second-order valence-corrected chi connectivity index (χ2v) is 9.59. The zero-order valence-corrected chi connectivity index (χ0v) is 20.9. The molecule has 0 saturated heterocycles. The van der Waals surface area contributed by atoms with E-state index in [1.54, 1.807) is 24.3 Å². The van der Waals surface area contributed by atoms with Gasteiger partial charge >= 0.3 is 6.18 Å². The van der Waals surface area contributed by atoms with Crippen molar-refractivity contribution >= 4 is 11.6 Å². The fourth-order valence-corrected chi connectivity index (χ4v) is 4.38. The predicted molar refractivity (Wildman–Crippen MR) is 140 cm³/mol. The Bertz CT molecular complexity index is 1460. The molecule has 1 aromatic heterocycles. The lowest BCUT2D eigenvalue weighted by Gasteiger charge is -2.21. The Balaban J connectivity index is 1.48. The van der Waals surface area contributed by atoms with E-state index < -0.39 is 29.3 Å². The molecule has 4 aromatic rings. The first-order valence-corrected chi connectivity index (χ1v) is 12.6. The Labute approximate surface area is 222 Å². The van der Waals surface area contributed by atoms with Crippen LogP contribution in [0.1, 0.15) is 51.8 Å². The van der Waals surface area contributed by atoms with Crippen LogP contribution in [0.4, 0.5) is 23.2 Å². The minimum absolute atomic E-state index is 0.149. The largest absolute Gasteiger partial charge is 0.435 e. The number of nitrogens with zero attached hydrogens (tertiary/aromatic N) is 2. The summed E-state index contributed by atoms with van der Waals surface area (Å²) in [5, 5.41) is 9.61. The third-order valence-electron chi connectivity index (χ3n) is 6.64. The van der Waals surface area contributed by atoms with Gasteiger partial charge in [0.05, 0.1) is 17.4 Å². The first-order valence-electron chi connectivity index (χ1n) is 12.6. The summed E-state index contributed by atoms with van der Waals surface area (Å²) in [6.07, 6.45) is -2.48. The molecule has 1 aliphatic carbocycles. The number of aromatic nitrogens is 2. The van der Waals surface area contributed by atoms with Crippen LogP contribution in [0.25, 0.3) is 5.69 Å². The van der Waals surface area contributed by atoms with Gasteiger partial charge in [-0.15, -0.1) is 0 Å². The van der Waals surface area contributed by atoms with Crippen molar-refractivity contribution in [3.63, 3.8) is 0 Å². The van der Waals surface area contributed by atoms with Gasteiger partial charge in [-0.25, -0.2) is 9.07 Å². The molecule has 202 valence electrons. The van der Waals surface area contributed by atoms with Crippen LogP contribution in [0.15, 0.2) is 78.9 Å². The number of amides is 1. The molecule has 3 aromatic carbocycles. The molecule has 10 heteroatoms. The molecule has 1 heterocycles. The topological polar surface area (TPSA) is 85.0 Å². The van der Waals surface area contributed by atoms with Crippen molar-refractivity contribution in [1.29, 1.82) is 0 Å². The summed E-state index contributed by atoms with van der Waals surface area (Å²) in [6.45, 7) is 0.942. The standard InChI is InChI=1S/C29H27F4N5O/c30-23-12-11-21(27(35-17-18-9-10-18)20-6-2-1-3-7-20)14-24(23)36-28(39)25-15-26(29(31,32)33)37-38(25)22-8-4-5-19(13-22)16-34/h1-8,11-15,18,27,35H,9-10,16-17,34H2,(H,36,39). The van der Waals surface area contributed by atoms with Crippen LogP contribution in [0.3, 0.4) is 0 Å². The number of rotatable bonds is 9. The van der Waals surface area contributed by atoms with Crippen LogP contribution in [0, 0.1) is 11.7 Å². The zero-order chi connectivity index (χ0) is 27.6. The van der Waals surface area contributed by atoms with Crippen LogP contribution in [0.5, 0.6) is 0 Å². The maximum absolute atomic E-state index is 14.9. The van der Waals surface area contributed by atoms with Gasteiger partial charge in [0.2, 0.25) is 0 Å². The molecule has 6 nitrogen and oxygen atoms in total. The van der Waals surface area contributed by atoms with Crippen LogP contribution >= 0.6 is 0 Å². The minimum atomic E-state index is -4.78. The molecule has 4 N–H and O–H groups in total. The second-order valence-electron chi connectivity index (χ2n) is 9.59. The number of carbonyl (C=O) groups is 1. The quantitative estimate of drug-likeness (QED) is 0.235. The number of hydrogen-bond acceptors (Lipinski definition) is 4. The zero-order valence-electron chi connectivity index (χ0n) is 20.9. The highest BCUT2D eigenvalue weighted by atomic mass is 19.4. The fourth-order valence-electron chi connectivity index (χ4n) is 4.38. The summed E-state index contributed by atoms with van der Waals surface area (Å²) in [6, 6.07) is 20.8. The number of alkyl halides is 3. The minimum Gasteiger partial charge on any atom is -0.326 e. The van der Waals surface area contributed by atoms with Crippen LogP contribution in [-0.2, 0) is 12.7 Å². The lowest BCUT2D eigenvalue weighted by atomic mass is 9.97. The molecule has 1 atom stereocenters. The molecular formula is C29H27F4N5O. The number of anilines is 1. The van der Waals surface area contributed by atoms with E-state index >= 15 is 0 Å². The summed E-state index contributed by atoms with van der Waals surface area (Å²) in [5.41, 5.74) is 6.43. The van der Waals surface area contributed by atoms with Crippen LogP contribution in [0.2, 0.25) is 0 Å². The summed E-state index contributed by atoms with van der Waals surface area (Å²) < 4.78 is 56.4. The molecule has 5 rings (SSSR count). The second kappa shape index (κ2) is 11.0. The van der Waals surface area contributed by atoms with E-state index in [1.165, 1.54) is 18.2 Å². The van der Waals surface area contributed by atoms with Gasteiger partial charge in [-0.1, -0.05) is 48.5 Å². The lowest BCUT2D eigenvalue weighted by molar-refractivity contribution is -0.141. The highest BCUT2D eigenvalue weighted by Gasteiger charge is 2.36. The van der Waals surface area contributed by atoms with Crippen LogP contribution in [-0.4, -0.2) is 22.2 Å². The van der Waals surface area contributed by atoms with Crippen molar-refractivity contribution in [3.8, 4) is 5.69 Å². The van der Waals surface area contributed by atoms with Crippen molar-refractivity contribution in [2.24, 2.45) is 11.7 Å². The fraction of sp³-hybridized carbons (Fsp3) is 0.241. The highest BCUT2D eigenvalue weighted by Crippen LogP contribution is 2.32. The van der Waals surface area contributed by atoms with E-state index in [1.807, 2.05) is 30.3 Å². The van der Waals surface area contributed by atoms with Gasteiger partial charge in [0.25, 0.3) is 5.91 Å². The van der Waals surface area contributed by atoms with E-state index in [0.29, 0.717) is 23.1 Å². The van der Waals surface area contributed by atoms with Gasteiger partial charge in [0.15, 0.2) is 5.69 Å². The molecular weight excluding hydrogens is 510 g/mol. The average molecular weight is 538 g/mol. The van der Waals surface area contributed by atoms with Gasteiger partial charge in [0, 0.05) is 12.6 Å². The van der Waals surface area contributed by atoms with E-state index in [-0.39, 0.29) is 24.0 Å². The van der Waals surface area contributed by atoms with Gasteiger partial charge in [-0.05, 0) is 66.3 Å². The maximum Gasteiger partial charge on any atom is 0.435 e. The molecule has 1 aliphatic rings. The number of carbonyl (C=O) groups excluding carboxylic acids is 1. The molecule has 1 unspecified atom stereocenters. The van der Waals surface area contributed by atoms with Gasteiger partial charge in [-0.2, -0.15) is 18.3 Å². The van der Waals surface area contributed by atoms with Crippen LogP contribution < -0.4 is 16.4 Å². The van der Waals surface area contributed by atoms with Crippen molar-refractivity contribution < 1.29 is 22.4 Å². The number of benzene rings is 3. The first-order chi connectivity index (χ1) is 18.7. The van der Waals surface area contributed by atoms with Gasteiger partial charge in [-0.3, -0.25) is 4.79 Å². The molecule has 1 fully saturated rings. The van der Waals surface area contributed by atoms with E-state index in [0.717, 1.165) is 29.6 Å². The van der Waals surface area contributed by atoms with Crippen molar-refractivity contribution in [2.45, 2.75) is 31.6 Å². The highest BCUT2D eigenvalue weighted by molar-refractivity contribution is 6.03.